The van der Waals surface area contributed by atoms with Gasteiger partial charge in [0, 0.05) is 19.1 Å². The van der Waals surface area contributed by atoms with Crippen molar-refractivity contribution in [3.8, 4) is 0 Å². The number of imidazole rings is 1. The number of nitrogens with zero attached hydrogens (tertiary/aromatic N) is 2. The van der Waals surface area contributed by atoms with E-state index in [0.717, 1.165) is 31.0 Å². The summed E-state index contributed by atoms with van der Waals surface area (Å²) in [6.07, 6.45) is 5.22. The van der Waals surface area contributed by atoms with Crippen molar-refractivity contribution in [3.05, 3.63) is 30.1 Å². The molecule has 0 bridgehead atoms. The Morgan fingerprint density at radius 3 is 2.95 bits per heavy atom. The highest BCUT2D eigenvalue weighted by molar-refractivity contribution is 5.75. The summed E-state index contributed by atoms with van der Waals surface area (Å²) in [4.78, 5) is 4.62. The van der Waals surface area contributed by atoms with E-state index in [1.165, 1.54) is 31.2 Å². The first kappa shape index (κ1) is 14.5. The van der Waals surface area contributed by atoms with Crippen LogP contribution >= 0.6 is 0 Å². The van der Waals surface area contributed by atoms with Crippen LogP contribution in [0.2, 0.25) is 0 Å². The largest absolute Gasteiger partial charge is 0.330 e. The van der Waals surface area contributed by atoms with Crippen LogP contribution in [0.5, 0.6) is 0 Å². The number of aromatic nitrogens is 2. The van der Waals surface area contributed by atoms with E-state index in [1.807, 2.05) is 6.07 Å². The van der Waals surface area contributed by atoms with Crippen molar-refractivity contribution in [2.75, 3.05) is 13.1 Å². The minimum absolute atomic E-state index is 0.596. The smallest absolute Gasteiger partial charge is 0.106 e. The van der Waals surface area contributed by atoms with Crippen LogP contribution in [0, 0.1) is 12.8 Å². The van der Waals surface area contributed by atoms with Crippen molar-refractivity contribution in [1.82, 2.24) is 14.9 Å². The quantitative estimate of drug-likeness (QED) is 0.887. The molecule has 2 aromatic rings. The molecule has 21 heavy (non-hydrogen) atoms. The van der Waals surface area contributed by atoms with Crippen LogP contribution in [0.3, 0.4) is 0 Å². The lowest BCUT2D eigenvalue weighted by atomic mass is 9.84. The molecule has 1 aromatic heterocycles. The monoisotopic (exact) mass is 286 g/mol. The lowest BCUT2D eigenvalue weighted by Gasteiger charge is -2.31. The summed E-state index contributed by atoms with van der Waals surface area (Å²) in [6, 6.07) is 8.96. The number of rotatable bonds is 5. The molecule has 2 atom stereocenters. The van der Waals surface area contributed by atoms with Crippen LogP contribution in [0.1, 0.15) is 31.5 Å². The normalized spacial score (nSPS) is 22.8. The second kappa shape index (κ2) is 6.58. The molecule has 0 amide bonds. The van der Waals surface area contributed by atoms with Gasteiger partial charge in [-0.05, 0) is 44.4 Å². The number of nitrogens with two attached hydrogens (primary N) is 1. The Balaban J connectivity index is 1.63. The minimum Gasteiger partial charge on any atom is -0.330 e. The standard InChI is InChI=1S/C17H26N4/c1-13-20-16-8-4-5-9-17(16)21(13)11-10-19-15-7-3-2-6-14(15)12-18/h4-5,8-9,14-15,19H,2-3,6-7,10-12,18H2,1H3. The number of aryl methyl sites for hydroxylation is 1. The Morgan fingerprint density at radius 2 is 2.10 bits per heavy atom. The van der Waals surface area contributed by atoms with E-state index in [4.69, 9.17) is 5.73 Å². The van der Waals surface area contributed by atoms with Gasteiger partial charge in [0.25, 0.3) is 0 Å². The van der Waals surface area contributed by atoms with Crippen LogP contribution in [0.25, 0.3) is 11.0 Å². The van der Waals surface area contributed by atoms with Gasteiger partial charge in [-0.15, -0.1) is 0 Å². The number of hydrogen-bond donors (Lipinski definition) is 2. The summed E-state index contributed by atoms with van der Waals surface area (Å²) in [7, 11) is 0. The fourth-order valence-corrected chi connectivity index (χ4v) is 3.60. The molecule has 3 N–H and O–H groups in total. The third-order valence-corrected chi connectivity index (χ3v) is 4.80. The molecule has 114 valence electrons. The zero-order valence-electron chi connectivity index (χ0n) is 12.9. The van der Waals surface area contributed by atoms with Crippen LogP contribution in [0.15, 0.2) is 24.3 Å². The maximum absolute atomic E-state index is 5.90. The van der Waals surface area contributed by atoms with Gasteiger partial charge in [0.1, 0.15) is 5.82 Å². The highest BCUT2D eigenvalue weighted by Gasteiger charge is 2.23. The average molecular weight is 286 g/mol. The van der Waals surface area contributed by atoms with Crippen molar-refractivity contribution in [3.63, 3.8) is 0 Å². The Labute approximate surface area is 126 Å². The molecule has 2 unspecified atom stereocenters. The summed E-state index contributed by atoms with van der Waals surface area (Å²) in [5, 5.41) is 3.72. The van der Waals surface area contributed by atoms with Gasteiger partial charge in [0.2, 0.25) is 0 Å². The maximum Gasteiger partial charge on any atom is 0.106 e. The number of fused-ring (bicyclic) bond motifs is 1. The molecule has 1 saturated carbocycles. The molecule has 1 aliphatic carbocycles. The Morgan fingerprint density at radius 1 is 1.29 bits per heavy atom. The summed E-state index contributed by atoms with van der Waals surface area (Å²) in [6.45, 7) is 4.86. The second-order valence-electron chi connectivity index (χ2n) is 6.14. The van der Waals surface area contributed by atoms with Gasteiger partial charge >= 0.3 is 0 Å². The van der Waals surface area contributed by atoms with Crippen LogP contribution in [0.4, 0.5) is 0 Å². The summed E-state index contributed by atoms with van der Waals surface area (Å²) >= 11 is 0. The van der Waals surface area contributed by atoms with Gasteiger partial charge in [0.05, 0.1) is 11.0 Å². The first-order valence-electron chi connectivity index (χ1n) is 8.15. The minimum atomic E-state index is 0.596. The predicted molar refractivity (Wildman–Crippen MR) is 87.3 cm³/mol. The molecule has 1 fully saturated rings. The highest BCUT2D eigenvalue weighted by Crippen LogP contribution is 2.23. The molecule has 1 aromatic carbocycles. The van der Waals surface area contributed by atoms with E-state index in [-0.39, 0.29) is 0 Å². The van der Waals surface area contributed by atoms with Gasteiger partial charge in [-0.3, -0.25) is 0 Å². The maximum atomic E-state index is 5.90. The SMILES string of the molecule is Cc1nc2ccccc2n1CCNC1CCCCC1CN. The lowest BCUT2D eigenvalue weighted by Crippen LogP contribution is -2.43. The van der Waals surface area contributed by atoms with Crippen LogP contribution < -0.4 is 11.1 Å². The van der Waals surface area contributed by atoms with Crippen molar-refractivity contribution in [2.45, 2.75) is 45.2 Å². The van der Waals surface area contributed by atoms with Gasteiger partial charge < -0.3 is 15.6 Å². The molecular formula is C17H26N4. The fraction of sp³-hybridized carbons (Fsp3) is 0.588. The lowest BCUT2D eigenvalue weighted by molar-refractivity contribution is 0.266. The van der Waals surface area contributed by atoms with E-state index in [0.29, 0.717) is 12.0 Å². The van der Waals surface area contributed by atoms with Gasteiger partial charge in [-0.25, -0.2) is 4.98 Å². The average Bonchev–Trinajstić information content (AvgIpc) is 2.84. The van der Waals surface area contributed by atoms with Crippen LogP contribution in [-0.4, -0.2) is 28.7 Å². The third-order valence-electron chi connectivity index (χ3n) is 4.80. The first-order chi connectivity index (χ1) is 10.3. The van der Waals surface area contributed by atoms with Gasteiger partial charge in [-0.1, -0.05) is 25.0 Å². The number of benzene rings is 1. The number of para-hydroxylation sites is 2. The van der Waals surface area contributed by atoms with Crippen molar-refractivity contribution >= 4 is 11.0 Å². The zero-order chi connectivity index (χ0) is 14.7. The molecule has 0 aliphatic heterocycles. The van der Waals surface area contributed by atoms with Crippen molar-refractivity contribution in [2.24, 2.45) is 11.7 Å². The summed E-state index contributed by atoms with van der Waals surface area (Å²) in [5.74, 6) is 1.75. The van der Waals surface area contributed by atoms with Crippen molar-refractivity contribution in [1.29, 1.82) is 0 Å². The Bertz CT molecular complexity index is 589. The highest BCUT2D eigenvalue weighted by atomic mass is 15.1. The Kier molecular flexibility index (Phi) is 4.56. The van der Waals surface area contributed by atoms with Gasteiger partial charge in [0.15, 0.2) is 0 Å². The van der Waals surface area contributed by atoms with Crippen LogP contribution in [-0.2, 0) is 6.54 Å². The zero-order valence-corrected chi connectivity index (χ0v) is 12.9. The molecule has 4 heteroatoms. The van der Waals surface area contributed by atoms with E-state index < -0.39 is 0 Å². The summed E-state index contributed by atoms with van der Waals surface area (Å²) in [5.41, 5.74) is 8.23. The molecule has 1 aliphatic rings. The number of hydrogen-bond acceptors (Lipinski definition) is 3. The molecule has 0 radical (unpaired) electrons. The molecule has 4 nitrogen and oxygen atoms in total. The third kappa shape index (κ3) is 3.11. The Hall–Kier alpha value is -1.39. The molecular weight excluding hydrogens is 260 g/mol. The predicted octanol–water partition coefficient (Wildman–Crippen LogP) is 2.45. The molecule has 0 spiro atoms. The first-order valence-corrected chi connectivity index (χ1v) is 8.15. The second-order valence-corrected chi connectivity index (χ2v) is 6.14. The molecule has 3 rings (SSSR count). The van der Waals surface area contributed by atoms with E-state index in [2.05, 4.69) is 40.0 Å². The molecule has 0 saturated heterocycles. The topological polar surface area (TPSA) is 55.9 Å². The van der Waals surface area contributed by atoms with E-state index >= 15 is 0 Å². The van der Waals surface area contributed by atoms with E-state index in [1.54, 1.807) is 0 Å². The number of nitrogens with one attached hydrogen (secondary N) is 1. The fourth-order valence-electron chi connectivity index (χ4n) is 3.60. The summed E-state index contributed by atoms with van der Waals surface area (Å²) < 4.78 is 2.31. The molecule has 1 heterocycles. The van der Waals surface area contributed by atoms with Gasteiger partial charge in [-0.2, -0.15) is 0 Å². The van der Waals surface area contributed by atoms with Crippen molar-refractivity contribution < 1.29 is 0 Å². The van der Waals surface area contributed by atoms with E-state index in [9.17, 15) is 0 Å².